The highest BCUT2D eigenvalue weighted by atomic mass is 19.4. The number of hydrogen-bond acceptors (Lipinski definition) is 7. The van der Waals surface area contributed by atoms with Gasteiger partial charge in [-0.15, -0.1) is 0 Å². The van der Waals surface area contributed by atoms with Crippen molar-refractivity contribution < 1.29 is 32.2 Å². The number of H-pyrrole nitrogens is 1. The number of oxazole rings is 1. The fourth-order valence-electron chi connectivity index (χ4n) is 4.37. The summed E-state index contributed by atoms with van der Waals surface area (Å²) in [6.07, 6.45) is -4.89. The van der Waals surface area contributed by atoms with Gasteiger partial charge in [0, 0.05) is 0 Å². The summed E-state index contributed by atoms with van der Waals surface area (Å²) in [6, 6.07) is 11.6. The zero-order valence-electron chi connectivity index (χ0n) is 21.5. The highest BCUT2D eigenvalue weighted by molar-refractivity contribution is 6.00. The number of para-hydroxylation sites is 1. The highest BCUT2D eigenvalue weighted by Gasteiger charge is 2.39. The Bertz CT molecular complexity index is 1770. The Morgan fingerprint density at radius 3 is 2.48 bits per heavy atom. The molecule has 0 fully saturated rings. The van der Waals surface area contributed by atoms with Crippen LogP contribution < -0.4 is 15.6 Å². The number of rotatable bonds is 7. The zero-order valence-corrected chi connectivity index (χ0v) is 21.5. The third-order valence-corrected chi connectivity index (χ3v) is 6.48. The van der Waals surface area contributed by atoms with Gasteiger partial charge in [-0.2, -0.15) is 17.7 Å². The van der Waals surface area contributed by atoms with E-state index in [2.05, 4.69) is 20.4 Å². The minimum absolute atomic E-state index is 0.126. The van der Waals surface area contributed by atoms with Crippen LogP contribution in [-0.2, 0) is 6.18 Å². The second kappa shape index (κ2) is 10.2. The number of benzene rings is 2. The van der Waals surface area contributed by atoms with Crippen LogP contribution >= 0.6 is 0 Å². The molecule has 0 saturated carbocycles. The number of aromatic amines is 1. The summed E-state index contributed by atoms with van der Waals surface area (Å²) < 4.78 is 54.3. The molecule has 40 heavy (non-hydrogen) atoms. The van der Waals surface area contributed by atoms with E-state index in [4.69, 9.17) is 9.15 Å². The first-order valence-corrected chi connectivity index (χ1v) is 12.2. The van der Waals surface area contributed by atoms with Gasteiger partial charge < -0.3 is 19.6 Å². The number of nitrogens with zero attached hydrogens (tertiary/aromatic N) is 3. The van der Waals surface area contributed by atoms with Crippen LogP contribution in [0.25, 0.3) is 39.3 Å². The van der Waals surface area contributed by atoms with Gasteiger partial charge in [-0.05, 0) is 23.6 Å². The number of aliphatic hydroxyl groups excluding tert-OH is 1. The number of carbonyl (C=O) groups excluding carboxylic acids is 1. The smallest absolute Gasteiger partial charge is 0.433 e. The van der Waals surface area contributed by atoms with Gasteiger partial charge in [-0.1, -0.05) is 50.2 Å². The number of methoxy groups -OCH3 is 1. The summed E-state index contributed by atoms with van der Waals surface area (Å²) in [5.41, 5.74) is -3.50. The van der Waals surface area contributed by atoms with E-state index in [0.717, 1.165) is 0 Å². The van der Waals surface area contributed by atoms with Crippen molar-refractivity contribution in [2.24, 2.45) is 5.92 Å². The van der Waals surface area contributed by atoms with E-state index < -0.39 is 58.5 Å². The van der Waals surface area contributed by atoms with Gasteiger partial charge in [0.2, 0.25) is 5.89 Å². The Morgan fingerprint density at radius 1 is 1.12 bits per heavy atom. The molecule has 0 aliphatic rings. The molecule has 0 aliphatic heterocycles. The van der Waals surface area contributed by atoms with Crippen molar-refractivity contribution >= 4 is 22.7 Å². The monoisotopic (exact) mass is 555 g/mol. The molecule has 208 valence electrons. The topological polar surface area (TPSA) is 135 Å². The molecule has 0 saturated heterocycles. The molecule has 0 bridgehead atoms. The Balaban J connectivity index is 1.86. The average molecular weight is 556 g/mol. The van der Waals surface area contributed by atoms with Crippen molar-refractivity contribution in [2.45, 2.75) is 26.1 Å². The minimum Gasteiger partial charge on any atom is -0.494 e. The lowest BCUT2D eigenvalue weighted by atomic mass is 10.0. The minimum atomic E-state index is -4.89. The van der Waals surface area contributed by atoms with Gasteiger partial charge in [-0.3, -0.25) is 14.7 Å². The van der Waals surface area contributed by atoms with Crippen molar-refractivity contribution in [1.29, 1.82) is 0 Å². The maximum Gasteiger partial charge on any atom is 0.433 e. The number of amides is 1. The van der Waals surface area contributed by atoms with Crippen LogP contribution in [0.4, 0.5) is 13.2 Å². The van der Waals surface area contributed by atoms with Gasteiger partial charge in [0.25, 0.3) is 11.5 Å². The molecule has 1 amide bonds. The molecule has 10 nitrogen and oxygen atoms in total. The first-order chi connectivity index (χ1) is 19.0. The molecule has 5 aromatic rings. The molecule has 3 aromatic heterocycles. The van der Waals surface area contributed by atoms with Gasteiger partial charge in [0.15, 0.2) is 16.7 Å². The Morgan fingerprint density at radius 2 is 1.85 bits per heavy atom. The van der Waals surface area contributed by atoms with E-state index in [-0.39, 0.29) is 28.5 Å². The standard InChI is InChI=1S/C27H24F3N5O5/c1-13(2)15(12-36)31-24(37)21-19(25-33-20-16(39-3)10-7-11-17(20)40-25)26(38)35-23(32-21)18(14-8-5-4-6-9-14)22(34-35)27(28,29)30/h4-11,13,15,34,36H,12H2,1-3H3,(H,31,37)/t15-/m1/s1. The summed E-state index contributed by atoms with van der Waals surface area (Å²) in [4.78, 5) is 36.0. The number of fused-ring (bicyclic) bond motifs is 2. The predicted molar refractivity (Wildman–Crippen MR) is 139 cm³/mol. The molecular weight excluding hydrogens is 531 g/mol. The Hall–Kier alpha value is -4.65. The molecule has 13 heteroatoms. The van der Waals surface area contributed by atoms with Crippen molar-refractivity contribution in [2.75, 3.05) is 13.7 Å². The molecule has 3 N–H and O–H groups in total. The summed E-state index contributed by atoms with van der Waals surface area (Å²) >= 11 is 0. The second-order valence-corrected chi connectivity index (χ2v) is 9.36. The van der Waals surface area contributed by atoms with E-state index in [9.17, 15) is 27.9 Å². The molecule has 0 radical (unpaired) electrons. The molecule has 3 heterocycles. The van der Waals surface area contributed by atoms with Crippen LogP contribution in [0.5, 0.6) is 5.75 Å². The lowest BCUT2D eigenvalue weighted by molar-refractivity contribution is -0.140. The average Bonchev–Trinajstić information content (AvgIpc) is 3.53. The molecule has 5 rings (SSSR count). The molecule has 2 aromatic carbocycles. The van der Waals surface area contributed by atoms with E-state index in [0.29, 0.717) is 10.3 Å². The summed E-state index contributed by atoms with van der Waals surface area (Å²) in [5, 5.41) is 14.5. The van der Waals surface area contributed by atoms with Crippen molar-refractivity contribution in [1.82, 2.24) is 24.9 Å². The quantitative estimate of drug-likeness (QED) is 0.273. The number of aliphatic hydroxyl groups is 1. The summed E-state index contributed by atoms with van der Waals surface area (Å²) in [5.74, 6) is -1.13. The molecular formula is C27H24F3N5O5. The van der Waals surface area contributed by atoms with Crippen molar-refractivity contribution in [3.63, 3.8) is 0 Å². The lowest BCUT2D eigenvalue weighted by Gasteiger charge is -2.20. The largest absolute Gasteiger partial charge is 0.494 e. The van der Waals surface area contributed by atoms with E-state index >= 15 is 0 Å². The van der Waals surface area contributed by atoms with Gasteiger partial charge in [0.05, 0.1) is 25.3 Å². The fourth-order valence-corrected chi connectivity index (χ4v) is 4.37. The number of halogens is 3. The third kappa shape index (κ3) is 4.57. The zero-order chi connectivity index (χ0) is 28.8. The van der Waals surface area contributed by atoms with Crippen LogP contribution in [0.2, 0.25) is 0 Å². The summed E-state index contributed by atoms with van der Waals surface area (Å²) in [6.45, 7) is 3.10. The van der Waals surface area contributed by atoms with Crippen LogP contribution in [0.15, 0.2) is 57.7 Å². The number of carbonyl (C=O) groups is 1. The number of hydrogen-bond donors (Lipinski definition) is 3. The van der Waals surface area contributed by atoms with Crippen LogP contribution in [0.3, 0.4) is 0 Å². The molecule has 0 unspecified atom stereocenters. The third-order valence-electron chi connectivity index (χ3n) is 6.48. The van der Waals surface area contributed by atoms with E-state index in [1.165, 1.54) is 19.2 Å². The van der Waals surface area contributed by atoms with Crippen molar-refractivity contribution in [3.8, 4) is 28.3 Å². The number of aromatic nitrogens is 4. The molecule has 1 atom stereocenters. The number of alkyl halides is 3. The van der Waals surface area contributed by atoms with E-state index in [1.807, 2.05) is 0 Å². The SMILES string of the molecule is COc1cccc2oc(-c3c(C(=O)N[C@H](CO)C(C)C)nc4c(-c5ccccc5)c(C(F)(F)F)[nH]n4c3=O)nc12. The molecule has 0 aliphatic carbocycles. The maximum absolute atomic E-state index is 14.2. The predicted octanol–water partition coefficient (Wildman–Crippen LogP) is 4.27. The van der Waals surface area contributed by atoms with Gasteiger partial charge in [0.1, 0.15) is 22.7 Å². The van der Waals surface area contributed by atoms with Crippen LogP contribution in [0, 0.1) is 5.92 Å². The first-order valence-electron chi connectivity index (χ1n) is 12.2. The van der Waals surface area contributed by atoms with Crippen molar-refractivity contribution in [3.05, 3.63) is 70.3 Å². The lowest BCUT2D eigenvalue weighted by Crippen LogP contribution is -2.42. The number of nitrogens with one attached hydrogen (secondary N) is 2. The van der Waals surface area contributed by atoms with Gasteiger partial charge >= 0.3 is 6.18 Å². The van der Waals surface area contributed by atoms with E-state index in [1.54, 1.807) is 50.2 Å². The Kier molecular flexibility index (Phi) is 6.84. The van der Waals surface area contributed by atoms with Gasteiger partial charge in [-0.25, -0.2) is 9.97 Å². The second-order valence-electron chi connectivity index (χ2n) is 9.36. The first kappa shape index (κ1) is 26.9. The maximum atomic E-state index is 14.2. The highest BCUT2D eigenvalue weighted by Crippen LogP contribution is 2.39. The number of ether oxygens (including phenoxy) is 1. The molecule has 0 spiro atoms. The fraction of sp³-hybridized carbons (Fsp3) is 0.259. The Labute approximate surface area is 224 Å². The summed E-state index contributed by atoms with van der Waals surface area (Å²) in [7, 11) is 1.41. The van der Waals surface area contributed by atoms with Crippen LogP contribution in [0.1, 0.15) is 30.0 Å². The van der Waals surface area contributed by atoms with Crippen LogP contribution in [-0.4, -0.2) is 50.4 Å². The normalized spacial score (nSPS) is 12.8.